The Bertz CT molecular complexity index is 1300. The number of aliphatic hydroxyl groups excluding tert-OH is 1. The number of rotatable bonds is 9. The van der Waals surface area contributed by atoms with Crippen molar-refractivity contribution >= 4 is 30.4 Å². The van der Waals surface area contributed by atoms with E-state index in [1.807, 2.05) is 36.4 Å². The van der Waals surface area contributed by atoms with Crippen LogP contribution < -0.4 is 21.4 Å². The SMILES string of the molecule is CO[C@@H]1[C@H](O[Si](c2ccccc2)(c2ccccc2)C(C)(C)C)[C@@H](CO)O[C@H]1n1ccc(NC(=O)C(C)C)nc1=O. The van der Waals surface area contributed by atoms with Crippen molar-refractivity contribution in [3.8, 4) is 0 Å². The van der Waals surface area contributed by atoms with Crippen LogP contribution in [-0.2, 0) is 18.7 Å². The van der Waals surface area contributed by atoms with Gasteiger partial charge < -0.3 is 24.3 Å². The normalized spacial score (nSPS) is 21.5. The number of amides is 1. The molecule has 214 valence electrons. The number of hydrogen-bond acceptors (Lipinski definition) is 7. The summed E-state index contributed by atoms with van der Waals surface area (Å²) < 4.78 is 20.8. The van der Waals surface area contributed by atoms with E-state index < -0.39 is 38.5 Å². The third-order valence-electron chi connectivity index (χ3n) is 7.35. The lowest BCUT2D eigenvalue weighted by Gasteiger charge is -2.45. The topological polar surface area (TPSA) is 112 Å². The largest absolute Gasteiger partial charge is 0.399 e. The Balaban J connectivity index is 1.77. The first kappa shape index (κ1) is 29.8. The number of hydrogen-bond donors (Lipinski definition) is 2. The van der Waals surface area contributed by atoms with Gasteiger partial charge in [-0.05, 0) is 21.5 Å². The van der Waals surface area contributed by atoms with E-state index in [1.54, 1.807) is 19.9 Å². The maximum atomic E-state index is 13.1. The van der Waals surface area contributed by atoms with Crippen LogP contribution >= 0.6 is 0 Å². The van der Waals surface area contributed by atoms with E-state index in [0.29, 0.717) is 0 Å². The Labute approximate surface area is 236 Å². The highest BCUT2D eigenvalue weighted by molar-refractivity contribution is 6.99. The lowest BCUT2D eigenvalue weighted by atomic mass is 10.1. The van der Waals surface area contributed by atoms with Crippen LogP contribution in [0.25, 0.3) is 0 Å². The summed E-state index contributed by atoms with van der Waals surface area (Å²) in [5, 5.41) is 14.9. The number of ether oxygens (including phenoxy) is 2. The molecule has 1 fully saturated rings. The first-order chi connectivity index (χ1) is 19.0. The van der Waals surface area contributed by atoms with E-state index >= 15 is 0 Å². The summed E-state index contributed by atoms with van der Waals surface area (Å²) in [5.41, 5.74) is -0.614. The smallest absolute Gasteiger partial charge is 0.351 e. The second-order valence-corrected chi connectivity index (χ2v) is 15.6. The van der Waals surface area contributed by atoms with Crippen molar-refractivity contribution in [2.45, 2.75) is 64.2 Å². The summed E-state index contributed by atoms with van der Waals surface area (Å²) in [6, 6.07) is 21.9. The van der Waals surface area contributed by atoms with Gasteiger partial charge in [-0.3, -0.25) is 9.36 Å². The Kier molecular flexibility index (Phi) is 9.06. The number of carbonyl (C=O) groups is 1. The predicted octanol–water partition coefficient (Wildman–Crippen LogP) is 2.69. The number of aliphatic hydroxyl groups is 1. The maximum Gasteiger partial charge on any atom is 0.351 e. The average molecular weight is 566 g/mol. The molecule has 0 unspecified atom stereocenters. The van der Waals surface area contributed by atoms with E-state index in [1.165, 1.54) is 17.9 Å². The van der Waals surface area contributed by atoms with Gasteiger partial charge in [0.1, 0.15) is 24.1 Å². The number of methoxy groups -OCH3 is 1. The molecule has 1 aliphatic heterocycles. The summed E-state index contributed by atoms with van der Waals surface area (Å²) in [4.78, 5) is 29.2. The van der Waals surface area contributed by atoms with Gasteiger partial charge in [-0.25, -0.2) is 4.79 Å². The number of nitrogens with zero attached hydrogens (tertiary/aromatic N) is 2. The molecule has 40 heavy (non-hydrogen) atoms. The highest BCUT2D eigenvalue weighted by Gasteiger charge is 2.56. The number of anilines is 1. The number of benzene rings is 2. The van der Waals surface area contributed by atoms with Crippen LogP contribution in [0.4, 0.5) is 5.82 Å². The molecule has 1 aromatic heterocycles. The molecule has 1 amide bonds. The van der Waals surface area contributed by atoms with Crippen LogP contribution in [0.5, 0.6) is 0 Å². The summed E-state index contributed by atoms with van der Waals surface area (Å²) >= 11 is 0. The zero-order chi connectivity index (χ0) is 29.1. The lowest BCUT2D eigenvalue weighted by Crippen LogP contribution is -2.69. The fourth-order valence-electron chi connectivity index (χ4n) is 5.31. The zero-order valence-corrected chi connectivity index (χ0v) is 24.9. The summed E-state index contributed by atoms with van der Waals surface area (Å²) in [7, 11) is -1.49. The van der Waals surface area contributed by atoms with Crippen LogP contribution in [0.2, 0.25) is 5.04 Å². The molecular weight excluding hydrogens is 526 g/mol. The Morgan fingerprint density at radius 2 is 1.62 bits per heavy atom. The Morgan fingerprint density at radius 3 is 2.08 bits per heavy atom. The van der Waals surface area contributed by atoms with Crippen molar-refractivity contribution in [2.75, 3.05) is 19.0 Å². The third kappa shape index (κ3) is 5.68. The minimum Gasteiger partial charge on any atom is -0.399 e. The first-order valence-corrected chi connectivity index (χ1v) is 15.4. The second-order valence-electron chi connectivity index (χ2n) is 11.3. The van der Waals surface area contributed by atoms with Gasteiger partial charge in [0.2, 0.25) is 5.91 Å². The van der Waals surface area contributed by atoms with E-state index in [2.05, 4.69) is 55.3 Å². The average Bonchev–Trinajstić information content (AvgIpc) is 3.28. The van der Waals surface area contributed by atoms with Gasteiger partial charge >= 0.3 is 5.69 Å². The first-order valence-electron chi connectivity index (χ1n) is 13.5. The van der Waals surface area contributed by atoms with Crippen LogP contribution in [-0.4, -0.2) is 60.9 Å². The van der Waals surface area contributed by atoms with Crippen LogP contribution in [0.3, 0.4) is 0 Å². The van der Waals surface area contributed by atoms with Gasteiger partial charge in [-0.2, -0.15) is 4.98 Å². The Hall–Kier alpha value is -3.15. The molecule has 9 nitrogen and oxygen atoms in total. The van der Waals surface area contributed by atoms with Crippen molar-refractivity contribution in [1.82, 2.24) is 9.55 Å². The lowest BCUT2D eigenvalue weighted by molar-refractivity contribution is -0.118. The molecule has 10 heteroatoms. The number of aromatic nitrogens is 2. The third-order valence-corrected chi connectivity index (χ3v) is 12.4. The molecule has 0 saturated carbocycles. The molecule has 4 atom stereocenters. The van der Waals surface area contributed by atoms with Gasteiger partial charge in [-0.1, -0.05) is 95.3 Å². The molecule has 2 aromatic carbocycles. The molecule has 0 aliphatic carbocycles. The van der Waals surface area contributed by atoms with Crippen LogP contribution in [0, 0.1) is 5.92 Å². The van der Waals surface area contributed by atoms with E-state index in [4.69, 9.17) is 13.9 Å². The second kappa shape index (κ2) is 12.2. The van der Waals surface area contributed by atoms with Gasteiger partial charge in [0.25, 0.3) is 8.32 Å². The minimum absolute atomic E-state index is 0.158. The van der Waals surface area contributed by atoms with E-state index in [-0.39, 0.29) is 29.3 Å². The molecule has 0 bridgehead atoms. The molecule has 1 aliphatic rings. The highest BCUT2D eigenvalue weighted by atomic mass is 28.4. The predicted molar refractivity (Wildman–Crippen MR) is 156 cm³/mol. The molecule has 2 heterocycles. The zero-order valence-electron chi connectivity index (χ0n) is 23.9. The molecule has 2 N–H and O–H groups in total. The van der Waals surface area contributed by atoms with Crippen molar-refractivity contribution < 1.29 is 23.8 Å². The molecular formula is C30H39N3O6Si. The van der Waals surface area contributed by atoms with Crippen LogP contribution in [0.15, 0.2) is 77.7 Å². The number of carbonyl (C=O) groups excluding carboxylic acids is 1. The molecule has 4 rings (SSSR count). The van der Waals surface area contributed by atoms with E-state index in [0.717, 1.165) is 10.4 Å². The van der Waals surface area contributed by atoms with Crippen molar-refractivity contribution in [3.05, 3.63) is 83.4 Å². The molecule has 1 saturated heterocycles. The fourth-order valence-corrected chi connectivity index (χ4v) is 10.0. The van der Waals surface area contributed by atoms with Gasteiger partial charge in [0.15, 0.2) is 6.23 Å². The van der Waals surface area contributed by atoms with Crippen molar-refractivity contribution in [2.24, 2.45) is 5.92 Å². The highest BCUT2D eigenvalue weighted by Crippen LogP contribution is 2.41. The molecule has 0 radical (unpaired) electrons. The van der Waals surface area contributed by atoms with Gasteiger partial charge in [-0.15, -0.1) is 0 Å². The quantitative estimate of drug-likeness (QED) is 0.384. The van der Waals surface area contributed by atoms with Gasteiger partial charge in [0.05, 0.1) is 6.61 Å². The minimum atomic E-state index is -3.03. The van der Waals surface area contributed by atoms with Crippen molar-refractivity contribution in [1.29, 1.82) is 0 Å². The monoisotopic (exact) mass is 565 g/mol. The standard InChI is InChI=1S/C30H39N3O6Si/c1-20(2)27(35)31-24-17-18-33(29(36)32-24)28-26(37-6)25(23(19-34)38-28)39-40(30(3,4)5,21-13-9-7-10-14-21)22-15-11-8-12-16-22/h7-18,20,23,25-26,28,34H,19H2,1-6H3,(H,31,32,35,36)/t23-,25-,26-,28-/m1/s1. The fraction of sp³-hybridized carbons (Fsp3) is 0.433. The number of nitrogens with one attached hydrogen (secondary N) is 1. The summed E-state index contributed by atoms with van der Waals surface area (Å²) in [6.45, 7) is 9.69. The van der Waals surface area contributed by atoms with Gasteiger partial charge in [0, 0.05) is 19.2 Å². The molecule has 0 spiro atoms. The Morgan fingerprint density at radius 1 is 1.05 bits per heavy atom. The summed E-state index contributed by atoms with van der Waals surface area (Å²) in [5.74, 6) is -0.341. The van der Waals surface area contributed by atoms with Crippen molar-refractivity contribution in [3.63, 3.8) is 0 Å². The van der Waals surface area contributed by atoms with Crippen LogP contribution in [0.1, 0.15) is 40.8 Å². The molecule has 3 aromatic rings. The maximum absolute atomic E-state index is 13.1. The summed E-state index contributed by atoms with van der Waals surface area (Å²) in [6.07, 6.45) is -1.57. The van der Waals surface area contributed by atoms with E-state index in [9.17, 15) is 14.7 Å².